The van der Waals surface area contributed by atoms with Gasteiger partial charge in [-0.2, -0.15) is 5.10 Å². The monoisotopic (exact) mass is 401 g/mol. The number of benzene rings is 1. The Morgan fingerprint density at radius 3 is 2.75 bits per heavy atom. The number of anilines is 1. The van der Waals surface area contributed by atoms with Crippen LogP contribution in [0.2, 0.25) is 0 Å². The highest BCUT2D eigenvalue weighted by atomic mass is 32.2. The molecule has 0 unspecified atom stereocenters. The van der Waals surface area contributed by atoms with Crippen LogP contribution in [0.4, 0.5) is 11.4 Å². The number of nitrogens with one attached hydrogen (secondary N) is 2. The van der Waals surface area contributed by atoms with E-state index in [0.29, 0.717) is 11.5 Å². The van der Waals surface area contributed by atoms with Crippen molar-refractivity contribution < 1.29 is 17.8 Å². The number of aromatic nitrogens is 1. The van der Waals surface area contributed by atoms with Crippen molar-refractivity contribution in [2.45, 2.75) is 11.4 Å². The van der Waals surface area contributed by atoms with Gasteiger partial charge in [-0.05, 0) is 36.4 Å². The highest BCUT2D eigenvalue weighted by molar-refractivity contribution is 7.89. The second kappa shape index (κ2) is 8.41. The van der Waals surface area contributed by atoms with Crippen LogP contribution in [-0.2, 0) is 16.6 Å². The molecule has 3 aromatic rings. The Labute approximate surface area is 160 Å². The van der Waals surface area contributed by atoms with Crippen LogP contribution in [-0.4, -0.2) is 24.5 Å². The summed E-state index contributed by atoms with van der Waals surface area (Å²) in [5, 5.41) is 15.2. The number of nitrogens with zero attached hydrogens (tertiary/aromatic N) is 3. The van der Waals surface area contributed by atoms with E-state index in [4.69, 9.17) is 4.42 Å². The maximum absolute atomic E-state index is 12.4. The number of nitro benzene ring substituents is 1. The predicted octanol–water partition coefficient (Wildman–Crippen LogP) is 2.51. The summed E-state index contributed by atoms with van der Waals surface area (Å²) in [5.41, 5.74) is 2.70. The van der Waals surface area contributed by atoms with Crippen LogP contribution >= 0.6 is 0 Å². The van der Waals surface area contributed by atoms with Gasteiger partial charge in [-0.15, -0.1) is 0 Å². The van der Waals surface area contributed by atoms with Crippen molar-refractivity contribution in [2.75, 3.05) is 5.43 Å². The molecule has 0 amide bonds. The molecule has 10 nitrogen and oxygen atoms in total. The van der Waals surface area contributed by atoms with Crippen molar-refractivity contribution in [3.05, 3.63) is 82.6 Å². The fourth-order valence-corrected chi connectivity index (χ4v) is 3.22. The number of rotatable bonds is 8. The number of hydrogen-bond donors (Lipinski definition) is 2. The first-order chi connectivity index (χ1) is 13.5. The molecule has 11 heteroatoms. The Hall–Kier alpha value is -3.57. The lowest BCUT2D eigenvalue weighted by molar-refractivity contribution is -0.384. The number of nitro groups is 1. The summed E-state index contributed by atoms with van der Waals surface area (Å²) >= 11 is 0. The van der Waals surface area contributed by atoms with Crippen molar-refractivity contribution in [1.29, 1.82) is 0 Å². The first-order valence-corrected chi connectivity index (χ1v) is 9.44. The normalized spacial score (nSPS) is 11.6. The third-order valence-electron chi connectivity index (χ3n) is 3.56. The zero-order chi connectivity index (χ0) is 20.0. The van der Waals surface area contributed by atoms with Crippen LogP contribution < -0.4 is 10.1 Å². The van der Waals surface area contributed by atoms with Crippen molar-refractivity contribution in [1.82, 2.24) is 9.71 Å². The number of furan rings is 1. The summed E-state index contributed by atoms with van der Waals surface area (Å²) in [5.74, 6) is 0.417. The highest BCUT2D eigenvalue weighted by Gasteiger charge is 2.21. The molecule has 2 heterocycles. The molecular formula is C17H15N5O5S. The molecule has 28 heavy (non-hydrogen) atoms. The van der Waals surface area contributed by atoms with Crippen molar-refractivity contribution in [3.8, 4) is 0 Å². The summed E-state index contributed by atoms with van der Waals surface area (Å²) < 4.78 is 32.1. The van der Waals surface area contributed by atoms with Gasteiger partial charge in [0.1, 0.15) is 11.4 Å². The molecule has 0 aliphatic rings. The van der Waals surface area contributed by atoms with Crippen molar-refractivity contribution in [3.63, 3.8) is 0 Å². The van der Waals surface area contributed by atoms with E-state index in [0.717, 1.165) is 6.07 Å². The third kappa shape index (κ3) is 4.78. The third-order valence-corrected chi connectivity index (χ3v) is 4.96. The highest BCUT2D eigenvalue weighted by Crippen LogP contribution is 2.27. The Kier molecular flexibility index (Phi) is 5.77. The van der Waals surface area contributed by atoms with Gasteiger partial charge in [0.05, 0.1) is 34.5 Å². The maximum Gasteiger partial charge on any atom is 0.295 e. The lowest BCUT2D eigenvalue weighted by atomic mass is 10.3. The minimum atomic E-state index is -3.96. The van der Waals surface area contributed by atoms with Gasteiger partial charge in [0.25, 0.3) is 5.69 Å². The zero-order valence-electron chi connectivity index (χ0n) is 14.3. The second-order valence-electron chi connectivity index (χ2n) is 5.46. The molecule has 3 rings (SSSR count). The summed E-state index contributed by atoms with van der Waals surface area (Å²) in [4.78, 5) is 14.5. The van der Waals surface area contributed by atoms with E-state index in [1.54, 1.807) is 36.5 Å². The summed E-state index contributed by atoms with van der Waals surface area (Å²) in [6.45, 7) is -0.0719. The standard InChI is InChI=1S/C17H15N5O5S/c23-22(24)17-10-15(28(25,26)20-12-14-5-3-9-27-14)6-7-16(17)21-19-11-13-4-1-2-8-18-13/h1-11,20-21H,12H2/b19-11+. The van der Waals surface area contributed by atoms with Gasteiger partial charge in [-0.3, -0.25) is 20.5 Å². The SMILES string of the molecule is O=[N+]([O-])c1cc(S(=O)(=O)NCc2ccco2)ccc1N/N=C/c1ccccn1. The molecular weight excluding hydrogens is 386 g/mol. The molecule has 1 aromatic carbocycles. The van der Waals surface area contributed by atoms with Gasteiger partial charge in [0, 0.05) is 12.3 Å². The lowest BCUT2D eigenvalue weighted by Crippen LogP contribution is -2.23. The summed E-state index contributed by atoms with van der Waals surface area (Å²) in [7, 11) is -3.96. The summed E-state index contributed by atoms with van der Waals surface area (Å²) in [6.07, 6.45) is 4.39. The Balaban J connectivity index is 1.78. The minimum absolute atomic E-state index is 0.0437. The van der Waals surface area contributed by atoms with Crippen molar-refractivity contribution in [2.24, 2.45) is 5.10 Å². The van der Waals surface area contributed by atoms with Gasteiger partial charge in [0.2, 0.25) is 10.0 Å². The molecule has 0 aliphatic heterocycles. The first kappa shape index (κ1) is 19.2. The average molecular weight is 401 g/mol. The zero-order valence-corrected chi connectivity index (χ0v) is 15.2. The molecule has 0 aliphatic carbocycles. The van der Waals surface area contributed by atoms with Crippen LogP contribution in [0.5, 0.6) is 0 Å². The molecule has 0 saturated heterocycles. The molecule has 2 N–H and O–H groups in total. The van der Waals surface area contributed by atoms with Crippen LogP contribution in [0.25, 0.3) is 0 Å². The molecule has 0 saturated carbocycles. The molecule has 0 spiro atoms. The molecule has 2 aromatic heterocycles. The number of hydrazone groups is 1. The molecule has 0 radical (unpaired) electrons. The van der Waals surface area contributed by atoms with E-state index in [2.05, 4.69) is 20.2 Å². The van der Waals surface area contributed by atoms with Crippen LogP contribution in [0.3, 0.4) is 0 Å². The van der Waals surface area contributed by atoms with Crippen molar-refractivity contribution >= 4 is 27.6 Å². The Morgan fingerprint density at radius 1 is 1.21 bits per heavy atom. The van der Waals surface area contributed by atoms with E-state index in [1.807, 2.05) is 0 Å². The molecule has 144 valence electrons. The second-order valence-corrected chi connectivity index (χ2v) is 7.23. The number of hydrogen-bond acceptors (Lipinski definition) is 8. The maximum atomic E-state index is 12.4. The predicted molar refractivity (Wildman–Crippen MR) is 101 cm³/mol. The van der Waals surface area contributed by atoms with Gasteiger partial charge in [-0.25, -0.2) is 13.1 Å². The molecule has 0 fully saturated rings. The Morgan fingerprint density at radius 2 is 2.07 bits per heavy atom. The molecule has 0 atom stereocenters. The summed E-state index contributed by atoms with van der Waals surface area (Å²) in [6, 6.07) is 11.9. The van der Waals surface area contributed by atoms with Gasteiger partial charge in [-0.1, -0.05) is 6.07 Å². The van der Waals surface area contributed by atoms with Crippen LogP contribution in [0.15, 0.2) is 75.4 Å². The van der Waals surface area contributed by atoms with E-state index < -0.39 is 20.6 Å². The first-order valence-electron chi connectivity index (χ1n) is 7.96. The fraction of sp³-hybridized carbons (Fsp3) is 0.0588. The number of pyridine rings is 1. The van der Waals surface area contributed by atoms with E-state index >= 15 is 0 Å². The van der Waals surface area contributed by atoms with Crippen LogP contribution in [0.1, 0.15) is 11.5 Å². The smallest absolute Gasteiger partial charge is 0.295 e. The minimum Gasteiger partial charge on any atom is -0.468 e. The fourth-order valence-electron chi connectivity index (χ4n) is 2.21. The Bertz CT molecular complexity index is 1080. The van der Waals surface area contributed by atoms with Gasteiger partial charge >= 0.3 is 0 Å². The number of sulfonamides is 1. The van der Waals surface area contributed by atoms with E-state index in [-0.39, 0.29) is 17.1 Å². The molecule has 0 bridgehead atoms. The van der Waals surface area contributed by atoms with Gasteiger partial charge in [0.15, 0.2) is 0 Å². The van der Waals surface area contributed by atoms with E-state index in [1.165, 1.54) is 24.6 Å². The largest absolute Gasteiger partial charge is 0.468 e. The lowest BCUT2D eigenvalue weighted by Gasteiger charge is -2.07. The quantitative estimate of drug-likeness (QED) is 0.336. The average Bonchev–Trinajstić information content (AvgIpc) is 3.21. The van der Waals surface area contributed by atoms with E-state index in [9.17, 15) is 18.5 Å². The van der Waals surface area contributed by atoms with Crippen LogP contribution in [0, 0.1) is 10.1 Å². The van der Waals surface area contributed by atoms with Gasteiger partial charge < -0.3 is 4.42 Å². The topological polar surface area (TPSA) is 140 Å².